The van der Waals surface area contributed by atoms with Crippen molar-refractivity contribution >= 4 is 11.4 Å². The van der Waals surface area contributed by atoms with Crippen LogP contribution in [-0.2, 0) is 10.3 Å². The van der Waals surface area contributed by atoms with Crippen LogP contribution < -0.4 is 10.6 Å². The highest BCUT2D eigenvalue weighted by Gasteiger charge is 2.48. The molecule has 0 aromatic carbocycles. The molecule has 4 rings (SSSR count). The average Bonchev–Trinajstić information content (AvgIpc) is 2.92. The second-order valence-electron chi connectivity index (χ2n) is 7.13. The third kappa shape index (κ3) is 2.03. The topological polar surface area (TPSA) is 58.4 Å². The van der Waals surface area contributed by atoms with Gasteiger partial charge in [-0.15, -0.1) is 0 Å². The van der Waals surface area contributed by atoms with Crippen LogP contribution in [0.1, 0.15) is 26.1 Å². The van der Waals surface area contributed by atoms with Crippen molar-refractivity contribution in [1.29, 1.82) is 0 Å². The summed E-state index contributed by atoms with van der Waals surface area (Å²) in [4.78, 5) is 17.2. The number of nitrogens with one attached hydrogen (secondary N) is 2. The van der Waals surface area contributed by atoms with Gasteiger partial charge in [-0.3, -0.25) is 4.79 Å². The summed E-state index contributed by atoms with van der Waals surface area (Å²) in [5, 5.41) is 6.62. The van der Waals surface area contributed by atoms with Gasteiger partial charge in [0.1, 0.15) is 5.82 Å². The number of fused-ring (bicyclic) bond motifs is 3. The third-order valence-corrected chi connectivity index (χ3v) is 5.17. The van der Waals surface area contributed by atoms with Crippen LogP contribution in [0.15, 0.2) is 30.6 Å². The van der Waals surface area contributed by atoms with Crippen LogP contribution in [0, 0.1) is 17.8 Å². The van der Waals surface area contributed by atoms with Gasteiger partial charge in [-0.1, -0.05) is 6.07 Å². The van der Waals surface area contributed by atoms with Crippen LogP contribution in [0.25, 0.3) is 5.52 Å². The Kier molecular flexibility index (Phi) is 3.01. The number of amides is 1. The molecule has 0 radical (unpaired) electrons. The van der Waals surface area contributed by atoms with Crippen molar-refractivity contribution in [2.75, 3.05) is 13.1 Å². The molecular formula is C17H22N4O. The molecule has 1 amide bonds. The molecule has 2 bridgehead atoms. The van der Waals surface area contributed by atoms with Crippen LogP contribution >= 0.6 is 0 Å². The van der Waals surface area contributed by atoms with Gasteiger partial charge in [0.2, 0.25) is 5.91 Å². The van der Waals surface area contributed by atoms with Crippen molar-refractivity contribution in [2.45, 2.75) is 25.8 Å². The molecule has 1 aliphatic heterocycles. The first-order chi connectivity index (χ1) is 10.6. The van der Waals surface area contributed by atoms with E-state index in [1.54, 1.807) is 0 Å². The normalized spacial score (nSPS) is 27.5. The predicted molar refractivity (Wildman–Crippen MR) is 84.3 cm³/mol. The summed E-state index contributed by atoms with van der Waals surface area (Å²) in [6.45, 7) is 6.00. The minimum atomic E-state index is -0.484. The third-order valence-electron chi connectivity index (χ3n) is 5.17. The highest BCUT2D eigenvalue weighted by atomic mass is 16.2. The number of nitrogens with zero attached hydrogens (tertiary/aromatic N) is 2. The lowest BCUT2D eigenvalue weighted by atomic mass is 9.61. The molecule has 0 unspecified atom stereocenters. The summed E-state index contributed by atoms with van der Waals surface area (Å²) in [7, 11) is 0. The fourth-order valence-corrected chi connectivity index (χ4v) is 4.03. The number of rotatable bonds is 3. The number of carbonyl (C=O) groups is 1. The summed E-state index contributed by atoms with van der Waals surface area (Å²) in [6.07, 6.45) is 5.04. The van der Waals surface area contributed by atoms with E-state index in [4.69, 9.17) is 0 Å². The summed E-state index contributed by atoms with van der Waals surface area (Å²) < 4.78 is 2.05. The molecule has 5 nitrogen and oxygen atoms in total. The fourth-order valence-electron chi connectivity index (χ4n) is 4.03. The Morgan fingerprint density at radius 1 is 1.36 bits per heavy atom. The van der Waals surface area contributed by atoms with E-state index in [2.05, 4.69) is 15.6 Å². The SMILES string of the molecule is CC(C)(NC(=O)[C@@H]1[C@@H]2CNC[C@H]1C2)c1ncc2ccccn12. The molecule has 116 valence electrons. The molecule has 2 aromatic heterocycles. The van der Waals surface area contributed by atoms with E-state index < -0.39 is 5.54 Å². The second kappa shape index (κ2) is 4.81. The Morgan fingerprint density at radius 3 is 2.86 bits per heavy atom. The van der Waals surface area contributed by atoms with Gasteiger partial charge in [-0.25, -0.2) is 4.98 Å². The minimum absolute atomic E-state index is 0.173. The van der Waals surface area contributed by atoms with Crippen molar-refractivity contribution in [3.8, 4) is 0 Å². The summed E-state index contributed by atoms with van der Waals surface area (Å²) in [5.74, 6) is 2.24. The zero-order valence-electron chi connectivity index (χ0n) is 13.0. The molecule has 3 atom stereocenters. The molecule has 3 heterocycles. The van der Waals surface area contributed by atoms with E-state index in [0.717, 1.165) is 24.4 Å². The van der Waals surface area contributed by atoms with Crippen LogP contribution in [0.5, 0.6) is 0 Å². The largest absolute Gasteiger partial charge is 0.344 e. The van der Waals surface area contributed by atoms with Crippen molar-refractivity contribution < 1.29 is 4.79 Å². The van der Waals surface area contributed by atoms with Gasteiger partial charge < -0.3 is 15.0 Å². The maximum atomic E-state index is 12.7. The van der Waals surface area contributed by atoms with Gasteiger partial charge in [0.25, 0.3) is 0 Å². The van der Waals surface area contributed by atoms with Crippen LogP contribution in [0.2, 0.25) is 0 Å². The standard InChI is InChI=1S/C17H22N4O/c1-17(2,16-19-10-13-5-3-4-6-21(13)16)20-15(22)14-11-7-12(14)9-18-8-11/h3-6,10-12,14,18H,7-9H2,1-2H3,(H,20,22)/t11-,12+,14+. The zero-order valence-corrected chi connectivity index (χ0v) is 13.0. The van der Waals surface area contributed by atoms with Crippen LogP contribution in [0.4, 0.5) is 0 Å². The first kappa shape index (κ1) is 13.8. The van der Waals surface area contributed by atoms with E-state index in [1.165, 1.54) is 6.42 Å². The second-order valence-corrected chi connectivity index (χ2v) is 7.13. The number of imidazole rings is 1. The number of aromatic nitrogens is 2. The number of piperidine rings is 2. The summed E-state index contributed by atoms with van der Waals surface area (Å²) in [6, 6.07) is 6.00. The van der Waals surface area contributed by atoms with Gasteiger partial charge in [0.15, 0.2) is 0 Å². The van der Waals surface area contributed by atoms with E-state index in [9.17, 15) is 4.79 Å². The number of carbonyl (C=O) groups excluding carboxylic acids is 1. The average molecular weight is 298 g/mol. The lowest BCUT2D eigenvalue weighted by Crippen LogP contribution is -2.60. The maximum Gasteiger partial charge on any atom is 0.224 e. The summed E-state index contributed by atoms with van der Waals surface area (Å²) >= 11 is 0. The first-order valence-electron chi connectivity index (χ1n) is 8.01. The molecule has 2 aromatic rings. The quantitative estimate of drug-likeness (QED) is 0.904. The lowest BCUT2D eigenvalue weighted by molar-refractivity contribution is -0.138. The highest BCUT2D eigenvalue weighted by molar-refractivity contribution is 5.81. The van der Waals surface area contributed by atoms with Gasteiger partial charge in [-0.2, -0.15) is 0 Å². The lowest BCUT2D eigenvalue weighted by Gasteiger charge is -2.49. The maximum absolute atomic E-state index is 12.7. The van der Waals surface area contributed by atoms with Crippen LogP contribution in [-0.4, -0.2) is 28.4 Å². The Balaban J connectivity index is 1.57. The molecule has 1 saturated heterocycles. The summed E-state index contributed by atoms with van der Waals surface area (Å²) in [5.41, 5.74) is 0.562. The Hall–Kier alpha value is -1.88. The Morgan fingerprint density at radius 2 is 2.14 bits per heavy atom. The van der Waals surface area contributed by atoms with Crippen molar-refractivity contribution in [2.24, 2.45) is 17.8 Å². The molecule has 2 N–H and O–H groups in total. The van der Waals surface area contributed by atoms with Gasteiger partial charge >= 0.3 is 0 Å². The number of hydrogen-bond donors (Lipinski definition) is 2. The molecule has 2 fully saturated rings. The number of pyridine rings is 1. The zero-order chi connectivity index (χ0) is 15.3. The van der Waals surface area contributed by atoms with Crippen molar-refractivity contribution in [1.82, 2.24) is 20.0 Å². The van der Waals surface area contributed by atoms with Gasteiger partial charge in [-0.05, 0) is 57.3 Å². The fraction of sp³-hybridized carbons (Fsp3) is 0.529. The minimum Gasteiger partial charge on any atom is -0.344 e. The first-order valence-corrected chi connectivity index (χ1v) is 8.01. The van der Waals surface area contributed by atoms with Gasteiger partial charge in [0, 0.05) is 12.1 Å². The highest BCUT2D eigenvalue weighted by Crippen LogP contribution is 2.43. The molecule has 1 aliphatic carbocycles. The van der Waals surface area contributed by atoms with Crippen LogP contribution in [0.3, 0.4) is 0 Å². The molecule has 1 saturated carbocycles. The molecule has 5 heteroatoms. The smallest absolute Gasteiger partial charge is 0.224 e. The van der Waals surface area contributed by atoms with E-state index in [1.807, 2.05) is 48.8 Å². The van der Waals surface area contributed by atoms with E-state index in [0.29, 0.717) is 11.8 Å². The molecule has 0 spiro atoms. The predicted octanol–water partition coefficient (Wildman–Crippen LogP) is 1.54. The monoisotopic (exact) mass is 298 g/mol. The molecule has 22 heavy (non-hydrogen) atoms. The van der Waals surface area contributed by atoms with E-state index in [-0.39, 0.29) is 11.8 Å². The van der Waals surface area contributed by atoms with Gasteiger partial charge in [0.05, 0.1) is 17.3 Å². The molecule has 2 aliphatic rings. The molecular weight excluding hydrogens is 276 g/mol. The Bertz CT molecular complexity index is 706. The van der Waals surface area contributed by atoms with Crippen molar-refractivity contribution in [3.63, 3.8) is 0 Å². The Labute approximate surface area is 130 Å². The van der Waals surface area contributed by atoms with Crippen molar-refractivity contribution in [3.05, 3.63) is 36.4 Å². The van der Waals surface area contributed by atoms with E-state index >= 15 is 0 Å². The number of hydrogen-bond acceptors (Lipinski definition) is 3.